The average molecular weight is 174 g/mol. The minimum absolute atomic E-state index is 0.137. The Morgan fingerprint density at radius 1 is 1.42 bits per heavy atom. The van der Waals surface area contributed by atoms with E-state index < -0.39 is 0 Å². The van der Waals surface area contributed by atoms with Gasteiger partial charge in [0.25, 0.3) is 0 Å². The highest BCUT2D eigenvalue weighted by molar-refractivity contribution is 4.80. The number of hydrogen-bond donors (Lipinski definition) is 1. The lowest BCUT2D eigenvalue weighted by molar-refractivity contribution is 0.0602. The number of nitrogens with two attached hydrogens (primary N) is 1. The molecule has 0 aliphatic rings. The van der Waals surface area contributed by atoms with Crippen LogP contribution in [0.1, 0.15) is 13.3 Å². The summed E-state index contributed by atoms with van der Waals surface area (Å²) in [6.07, 6.45) is 1.06. The highest BCUT2D eigenvalue weighted by Gasteiger charge is 2.26. The number of rotatable bonds is 6. The molecule has 0 aliphatic carbocycles. The first-order valence-corrected chi connectivity index (χ1v) is 4.44. The van der Waals surface area contributed by atoms with Crippen LogP contribution >= 0.6 is 0 Å². The van der Waals surface area contributed by atoms with E-state index in [4.69, 9.17) is 10.5 Å². The summed E-state index contributed by atoms with van der Waals surface area (Å²) < 4.78 is 5.18. The molecule has 0 spiro atoms. The number of nitrogens with zero attached hydrogens (tertiary/aromatic N) is 1. The molecule has 1 atom stereocenters. The molecule has 0 fully saturated rings. The first-order chi connectivity index (χ1) is 5.60. The molecular formula is C9H22N2O. The molecule has 0 radical (unpaired) electrons. The number of hydrogen-bond acceptors (Lipinski definition) is 3. The quantitative estimate of drug-likeness (QED) is 0.639. The summed E-state index contributed by atoms with van der Waals surface area (Å²) in [7, 11) is 5.86. The van der Waals surface area contributed by atoms with E-state index in [0.717, 1.165) is 19.6 Å². The van der Waals surface area contributed by atoms with Crippen molar-refractivity contribution in [2.24, 2.45) is 11.1 Å². The zero-order chi connectivity index (χ0) is 9.61. The number of ether oxygens (including phenoxy) is 1. The van der Waals surface area contributed by atoms with Gasteiger partial charge in [0.2, 0.25) is 0 Å². The molecule has 74 valence electrons. The minimum Gasteiger partial charge on any atom is -0.384 e. The lowest BCUT2D eigenvalue weighted by atomic mass is 9.85. The van der Waals surface area contributed by atoms with Gasteiger partial charge in [0.1, 0.15) is 0 Å². The van der Waals surface area contributed by atoms with Crippen LogP contribution in [-0.2, 0) is 4.74 Å². The topological polar surface area (TPSA) is 38.5 Å². The highest BCUT2D eigenvalue weighted by atomic mass is 16.5. The van der Waals surface area contributed by atoms with E-state index >= 15 is 0 Å². The van der Waals surface area contributed by atoms with Gasteiger partial charge in [-0.25, -0.2) is 0 Å². The highest BCUT2D eigenvalue weighted by Crippen LogP contribution is 2.21. The Balaban J connectivity index is 4.13. The summed E-state index contributed by atoms with van der Waals surface area (Å²) in [4.78, 5) is 2.16. The fourth-order valence-electron chi connectivity index (χ4n) is 1.50. The number of methoxy groups -OCH3 is 1. The predicted octanol–water partition coefficient (Wildman–Crippen LogP) is 0.550. The van der Waals surface area contributed by atoms with Gasteiger partial charge in [0.05, 0.1) is 6.61 Å². The van der Waals surface area contributed by atoms with Crippen LogP contribution in [-0.4, -0.2) is 45.8 Å². The van der Waals surface area contributed by atoms with Gasteiger partial charge in [-0.1, -0.05) is 6.92 Å². The van der Waals surface area contributed by atoms with Crippen molar-refractivity contribution in [3.63, 3.8) is 0 Å². The molecule has 0 bridgehead atoms. The second kappa shape index (κ2) is 5.51. The van der Waals surface area contributed by atoms with E-state index in [1.807, 2.05) is 0 Å². The van der Waals surface area contributed by atoms with Crippen molar-refractivity contribution in [3.8, 4) is 0 Å². The maximum Gasteiger partial charge on any atom is 0.0542 e. The van der Waals surface area contributed by atoms with Gasteiger partial charge in [-0.05, 0) is 20.5 Å². The predicted molar refractivity (Wildman–Crippen MR) is 52.2 cm³/mol. The van der Waals surface area contributed by atoms with Crippen LogP contribution in [0.15, 0.2) is 0 Å². The summed E-state index contributed by atoms with van der Waals surface area (Å²) in [5.41, 5.74) is 5.88. The molecule has 0 aromatic heterocycles. The molecule has 0 aliphatic heterocycles. The normalized spacial score (nSPS) is 16.5. The summed E-state index contributed by atoms with van der Waals surface area (Å²) in [6.45, 7) is 4.59. The van der Waals surface area contributed by atoms with Crippen molar-refractivity contribution in [3.05, 3.63) is 0 Å². The van der Waals surface area contributed by atoms with Crippen molar-refractivity contribution in [1.82, 2.24) is 4.90 Å². The molecular weight excluding hydrogens is 152 g/mol. The van der Waals surface area contributed by atoms with E-state index in [1.54, 1.807) is 7.11 Å². The Morgan fingerprint density at radius 3 is 2.25 bits per heavy atom. The summed E-state index contributed by atoms with van der Waals surface area (Å²) in [5, 5.41) is 0. The molecule has 3 nitrogen and oxygen atoms in total. The van der Waals surface area contributed by atoms with Gasteiger partial charge in [-0.3, -0.25) is 0 Å². The summed E-state index contributed by atoms with van der Waals surface area (Å²) >= 11 is 0. The molecule has 0 aromatic carbocycles. The van der Waals surface area contributed by atoms with E-state index in [0.29, 0.717) is 6.54 Å². The van der Waals surface area contributed by atoms with Crippen LogP contribution in [0.4, 0.5) is 0 Å². The Kier molecular flexibility index (Phi) is 5.46. The second-order valence-electron chi connectivity index (χ2n) is 3.73. The van der Waals surface area contributed by atoms with Gasteiger partial charge in [0.15, 0.2) is 0 Å². The molecule has 0 saturated heterocycles. The van der Waals surface area contributed by atoms with Gasteiger partial charge in [0, 0.05) is 25.6 Å². The van der Waals surface area contributed by atoms with Crippen LogP contribution < -0.4 is 5.73 Å². The lowest BCUT2D eigenvalue weighted by Crippen LogP contribution is -2.42. The maximum atomic E-state index is 5.75. The summed E-state index contributed by atoms with van der Waals surface area (Å²) in [5.74, 6) is 0. The molecule has 0 saturated carbocycles. The van der Waals surface area contributed by atoms with Gasteiger partial charge in [-0.15, -0.1) is 0 Å². The van der Waals surface area contributed by atoms with Crippen LogP contribution in [0.5, 0.6) is 0 Å². The van der Waals surface area contributed by atoms with Crippen LogP contribution in [0.3, 0.4) is 0 Å². The van der Waals surface area contributed by atoms with Crippen LogP contribution in [0.25, 0.3) is 0 Å². The molecule has 3 heteroatoms. The van der Waals surface area contributed by atoms with Gasteiger partial charge >= 0.3 is 0 Å². The third-order valence-corrected chi connectivity index (χ3v) is 2.29. The smallest absolute Gasteiger partial charge is 0.0542 e. The molecule has 2 N–H and O–H groups in total. The molecule has 0 heterocycles. The Bertz CT molecular complexity index is 111. The Labute approximate surface area is 75.9 Å². The van der Waals surface area contributed by atoms with Crippen molar-refractivity contribution in [2.75, 3.05) is 40.9 Å². The summed E-state index contributed by atoms with van der Waals surface area (Å²) in [6, 6.07) is 0. The van der Waals surface area contributed by atoms with Crippen molar-refractivity contribution < 1.29 is 4.74 Å². The first kappa shape index (κ1) is 11.9. The largest absolute Gasteiger partial charge is 0.384 e. The van der Waals surface area contributed by atoms with E-state index in [9.17, 15) is 0 Å². The molecule has 0 aromatic rings. The van der Waals surface area contributed by atoms with E-state index in [2.05, 4.69) is 25.9 Å². The van der Waals surface area contributed by atoms with Crippen LogP contribution in [0.2, 0.25) is 0 Å². The molecule has 12 heavy (non-hydrogen) atoms. The first-order valence-electron chi connectivity index (χ1n) is 4.44. The van der Waals surface area contributed by atoms with Crippen molar-refractivity contribution in [2.45, 2.75) is 13.3 Å². The van der Waals surface area contributed by atoms with E-state index in [-0.39, 0.29) is 5.41 Å². The SMILES string of the molecule is CCC(CN)(COC)CN(C)C. The fraction of sp³-hybridized carbons (Fsp3) is 1.00. The average Bonchev–Trinajstić information content (AvgIpc) is 2.03. The lowest BCUT2D eigenvalue weighted by Gasteiger charge is -2.33. The van der Waals surface area contributed by atoms with Crippen LogP contribution in [0, 0.1) is 5.41 Å². The minimum atomic E-state index is 0.137. The third-order valence-electron chi connectivity index (χ3n) is 2.29. The maximum absolute atomic E-state index is 5.75. The molecule has 0 rings (SSSR count). The fourth-order valence-corrected chi connectivity index (χ4v) is 1.50. The third kappa shape index (κ3) is 3.52. The standard InChI is InChI=1S/C9H22N2O/c1-5-9(6-10,8-12-4)7-11(2)3/h5-8,10H2,1-4H3. The Morgan fingerprint density at radius 2 is 2.00 bits per heavy atom. The van der Waals surface area contributed by atoms with Gasteiger partial charge in [-0.2, -0.15) is 0 Å². The zero-order valence-corrected chi connectivity index (χ0v) is 8.76. The van der Waals surface area contributed by atoms with E-state index in [1.165, 1.54) is 0 Å². The second-order valence-corrected chi connectivity index (χ2v) is 3.73. The van der Waals surface area contributed by atoms with Gasteiger partial charge < -0.3 is 15.4 Å². The van der Waals surface area contributed by atoms with Crippen molar-refractivity contribution in [1.29, 1.82) is 0 Å². The Hall–Kier alpha value is -0.120. The zero-order valence-electron chi connectivity index (χ0n) is 8.76. The molecule has 0 amide bonds. The molecule has 1 unspecified atom stereocenters. The monoisotopic (exact) mass is 174 g/mol. The van der Waals surface area contributed by atoms with Crippen molar-refractivity contribution >= 4 is 0 Å².